The van der Waals surface area contributed by atoms with Crippen LogP contribution in [0.15, 0.2) is 66.2 Å². The summed E-state index contributed by atoms with van der Waals surface area (Å²) < 4.78 is 10.7. The fraction of sp³-hybridized carbons (Fsp3) is 0.241. The first-order chi connectivity index (χ1) is 17.7. The molecule has 0 aromatic heterocycles. The molecule has 1 saturated heterocycles. The van der Waals surface area contributed by atoms with E-state index < -0.39 is 17.7 Å². The van der Waals surface area contributed by atoms with Gasteiger partial charge in [-0.25, -0.2) is 0 Å². The molecule has 1 atom stereocenters. The molecule has 0 saturated carbocycles. The Morgan fingerprint density at radius 2 is 1.73 bits per heavy atom. The van der Waals surface area contributed by atoms with E-state index in [0.29, 0.717) is 28.6 Å². The first kappa shape index (κ1) is 26.1. The molecule has 3 aromatic rings. The van der Waals surface area contributed by atoms with E-state index >= 15 is 0 Å². The van der Waals surface area contributed by atoms with Gasteiger partial charge in [-0.1, -0.05) is 43.6 Å². The van der Waals surface area contributed by atoms with Crippen molar-refractivity contribution in [1.29, 1.82) is 0 Å². The van der Waals surface area contributed by atoms with Gasteiger partial charge in [0.15, 0.2) is 11.5 Å². The lowest BCUT2D eigenvalue weighted by Gasteiger charge is -2.26. The van der Waals surface area contributed by atoms with Crippen LogP contribution in [0.3, 0.4) is 0 Å². The van der Waals surface area contributed by atoms with Crippen molar-refractivity contribution in [2.75, 3.05) is 18.6 Å². The number of hydrogen-bond acceptors (Lipinski definition) is 6. The number of aliphatic hydroxyl groups excluding tert-OH is 1. The van der Waals surface area contributed by atoms with Gasteiger partial charge < -0.3 is 19.7 Å². The molecule has 0 bridgehead atoms. The van der Waals surface area contributed by atoms with Gasteiger partial charge in [0.2, 0.25) is 0 Å². The van der Waals surface area contributed by atoms with Gasteiger partial charge in [-0.05, 0) is 66.4 Å². The Labute approximate surface area is 220 Å². The van der Waals surface area contributed by atoms with E-state index in [1.807, 2.05) is 12.1 Å². The SMILES string of the molecule is CCOc1cc(/C(O)=C2/C(=O)C(=O)N(c3ccc(C(C)C)cc3)C2c2ccc(OC)c(O)c2)ccc1Cl. The molecule has 0 spiro atoms. The van der Waals surface area contributed by atoms with Crippen molar-refractivity contribution in [3.05, 3.63) is 87.9 Å². The smallest absolute Gasteiger partial charge is 0.300 e. The maximum atomic E-state index is 13.4. The van der Waals surface area contributed by atoms with E-state index in [2.05, 4.69) is 13.8 Å². The second-order valence-corrected chi connectivity index (χ2v) is 9.33. The highest BCUT2D eigenvalue weighted by molar-refractivity contribution is 6.51. The van der Waals surface area contributed by atoms with E-state index in [1.54, 1.807) is 43.3 Å². The number of carbonyl (C=O) groups excluding carboxylic acids is 2. The molecule has 0 radical (unpaired) electrons. The molecule has 37 heavy (non-hydrogen) atoms. The van der Waals surface area contributed by atoms with Crippen LogP contribution in [-0.2, 0) is 9.59 Å². The number of hydrogen-bond donors (Lipinski definition) is 2. The van der Waals surface area contributed by atoms with Crippen molar-refractivity contribution in [2.24, 2.45) is 0 Å². The molecule has 1 aliphatic heterocycles. The van der Waals surface area contributed by atoms with Crippen molar-refractivity contribution in [1.82, 2.24) is 0 Å². The summed E-state index contributed by atoms with van der Waals surface area (Å²) in [6.45, 7) is 6.27. The Balaban J connectivity index is 1.93. The number of aromatic hydroxyl groups is 1. The number of rotatable bonds is 7. The van der Waals surface area contributed by atoms with Gasteiger partial charge >= 0.3 is 0 Å². The van der Waals surface area contributed by atoms with Gasteiger partial charge in [0, 0.05) is 11.3 Å². The summed E-state index contributed by atoms with van der Waals surface area (Å²) in [5.74, 6) is -1.32. The van der Waals surface area contributed by atoms with Crippen molar-refractivity contribution in [3.8, 4) is 17.2 Å². The lowest BCUT2D eigenvalue weighted by atomic mass is 9.94. The Bertz CT molecular complexity index is 1380. The number of phenolic OH excluding ortho intramolecular Hbond substituents is 1. The normalized spacial score (nSPS) is 16.9. The number of ether oxygens (including phenoxy) is 2. The first-order valence-corrected chi connectivity index (χ1v) is 12.3. The third kappa shape index (κ3) is 4.87. The number of nitrogens with zero attached hydrogens (tertiary/aromatic N) is 1. The van der Waals surface area contributed by atoms with Gasteiger partial charge in [0.1, 0.15) is 11.5 Å². The monoisotopic (exact) mass is 521 g/mol. The van der Waals surface area contributed by atoms with E-state index in [0.717, 1.165) is 5.56 Å². The molecule has 1 aliphatic rings. The van der Waals surface area contributed by atoms with Crippen LogP contribution in [0.1, 0.15) is 49.4 Å². The lowest BCUT2D eigenvalue weighted by Crippen LogP contribution is -2.29. The molecule has 4 rings (SSSR count). The Morgan fingerprint density at radius 1 is 1.03 bits per heavy atom. The number of methoxy groups -OCH3 is 1. The third-order valence-electron chi connectivity index (χ3n) is 6.31. The molecular formula is C29H28ClNO6. The van der Waals surface area contributed by atoms with Gasteiger partial charge in [-0.2, -0.15) is 0 Å². The number of carbonyl (C=O) groups is 2. The van der Waals surface area contributed by atoms with Gasteiger partial charge in [-0.3, -0.25) is 14.5 Å². The minimum atomic E-state index is -1.01. The quantitative estimate of drug-likeness (QED) is 0.218. The summed E-state index contributed by atoms with van der Waals surface area (Å²) in [5, 5.41) is 22.2. The van der Waals surface area contributed by atoms with Crippen molar-refractivity contribution in [2.45, 2.75) is 32.7 Å². The molecule has 7 nitrogen and oxygen atoms in total. The van der Waals surface area contributed by atoms with Crippen molar-refractivity contribution < 1.29 is 29.3 Å². The second kappa shape index (κ2) is 10.6. The number of benzene rings is 3. The maximum absolute atomic E-state index is 13.4. The predicted molar refractivity (Wildman–Crippen MR) is 143 cm³/mol. The largest absolute Gasteiger partial charge is 0.507 e. The van der Waals surface area contributed by atoms with Crippen LogP contribution in [0.4, 0.5) is 5.69 Å². The van der Waals surface area contributed by atoms with E-state index in [4.69, 9.17) is 21.1 Å². The van der Waals surface area contributed by atoms with Crippen LogP contribution in [0.5, 0.6) is 17.2 Å². The lowest BCUT2D eigenvalue weighted by molar-refractivity contribution is -0.132. The van der Waals surface area contributed by atoms with Crippen molar-refractivity contribution >= 4 is 34.7 Å². The molecule has 1 heterocycles. The van der Waals surface area contributed by atoms with Crippen molar-refractivity contribution in [3.63, 3.8) is 0 Å². The zero-order valence-electron chi connectivity index (χ0n) is 21.0. The summed E-state index contributed by atoms with van der Waals surface area (Å²) in [5.41, 5.74) is 2.13. The average Bonchev–Trinajstić information content (AvgIpc) is 3.15. The number of Topliss-reactive ketones (excluding diaryl/α,β-unsaturated/α-hetero) is 1. The van der Waals surface area contributed by atoms with Gasteiger partial charge in [0.25, 0.3) is 11.7 Å². The average molecular weight is 522 g/mol. The topological polar surface area (TPSA) is 96.3 Å². The molecular weight excluding hydrogens is 494 g/mol. The Hall–Kier alpha value is -3.97. The Morgan fingerprint density at radius 3 is 2.32 bits per heavy atom. The van der Waals surface area contributed by atoms with Gasteiger partial charge in [-0.15, -0.1) is 0 Å². The number of phenols is 1. The summed E-state index contributed by atoms with van der Waals surface area (Å²) in [4.78, 5) is 28.1. The summed E-state index contributed by atoms with van der Waals surface area (Å²) in [6, 6.07) is 15.6. The first-order valence-electron chi connectivity index (χ1n) is 11.9. The molecule has 8 heteroatoms. The van der Waals surface area contributed by atoms with Crippen LogP contribution >= 0.6 is 11.6 Å². The Kier molecular flexibility index (Phi) is 7.45. The van der Waals surface area contributed by atoms with E-state index in [1.165, 1.54) is 24.1 Å². The van der Waals surface area contributed by atoms with Crippen LogP contribution in [0.25, 0.3) is 5.76 Å². The highest BCUT2D eigenvalue weighted by Gasteiger charge is 2.47. The zero-order valence-corrected chi connectivity index (χ0v) is 21.7. The third-order valence-corrected chi connectivity index (χ3v) is 6.62. The molecule has 1 unspecified atom stereocenters. The number of ketones is 1. The van der Waals surface area contributed by atoms with E-state index in [-0.39, 0.29) is 34.3 Å². The van der Waals surface area contributed by atoms with Crippen LogP contribution in [0, 0.1) is 0 Å². The molecule has 3 aromatic carbocycles. The highest BCUT2D eigenvalue weighted by atomic mass is 35.5. The standard InChI is InChI=1S/C29H28ClNO6/c1-5-37-24-15-19(8-12-21(24)30)27(33)25-26(18-9-13-23(36-4)22(32)14-18)31(29(35)28(25)34)20-10-6-17(7-11-20)16(2)3/h6-16,26,32-33H,5H2,1-4H3/b27-25-. The maximum Gasteiger partial charge on any atom is 0.300 e. The number of anilines is 1. The molecule has 1 fully saturated rings. The molecule has 192 valence electrons. The van der Waals surface area contributed by atoms with Gasteiger partial charge in [0.05, 0.1) is 30.4 Å². The number of amides is 1. The van der Waals surface area contributed by atoms with E-state index in [9.17, 15) is 19.8 Å². The fourth-order valence-electron chi connectivity index (χ4n) is 4.38. The van der Waals surface area contributed by atoms with Crippen LogP contribution in [0.2, 0.25) is 5.02 Å². The minimum Gasteiger partial charge on any atom is -0.507 e. The summed E-state index contributed by atoms with van der Waals surface area (Å²) in [6.07, 6.45) is 0. The molecule has 0 aliphatic carbocycles. The fourth-order valence-corrected chi connectivity index (χ4v) is 4.56. The van der Waals surface area contributed by atoms with Crippen LogP contribution in [-0.4, -0.2) is 35.6 Å². The summed E-state index contributed by atoms with van der Waals surface area (Å²) in [7, 11) is 1.42. The number of halogens is 1. The minimum absolute atomic E-state index is 0.118. The molecule has 2 N–H and O–H groups in total. The zero-order chi connectivity index (χ0) is 26.9. The second-order valence-electron chi connectivity index (χ2n) is 8.92. The van der Waals surface area contributed by atoms with Crippen LogP contribution < -0.4 is 14.4 Å². The number of aliphatic hydroxyl groups is 1. The highest BCUT2D eigenvalue weighted by Crippen LogP contribution is 2.44. The summed E-state index contributed by atoms with van der Waals surface area (Å²) >= 11 is 6.21. The molecule has 1 amide bonds. The predicted octanol–water partition coefficient (Wildman–Crippen LogP) is 6.20.